The molecule has 0 aliphatic carbocycles. The molecule has 124 valence electrons. The second kappa shape index (κ2) is 8.84. The first kappa shape index (κ1) is 17.7. The Hall–Kier alpha value is -2.66. The third-order valence-electron chi connectivity index (χ3n) is 3.28. The molecular formula is C16H18N6OS. The van der Waals surface area contributed by atoms with Gasteiger partial charge in [0.05, 0.1) is 18.2 Å². The summed E-state index contributed by atoms with van der Waals surface area (Å²) in [5, 5.41) is 17.7. The van der Waals surface area contributed by atoms with Crippen molar-refractivity contribution in [2.75, 3.05) is 19.3 Å². The van der Waals surface area contributed by atoms with Crippen molar-refractivity contribution < 1.29 is 4.79 Å². The number of carbonyl (C=O) groups is 1. The minimum absolute atomic E-state index is 0.0473. The third-order valence-corrected chi connectivity index (χ3v) is 4.23. The molecule has 0 saturated carbocycles. The van der Waals surface area contributed by atoms with Crippen LogP contribution in [0, 0.1) is 11.3 Å². The average molecular weight is 342 g/mol. The molecular weight excluding hydrogens is 324 g/mol. The number of carbonyl (C=O) groups excluding carboxylic acids is 1. The lowest BCUT2D eigenvalue weighted by molar-refractivity contribution is -0.127. The van der Waals surface area contributed by atoms with Gasteiger partial charge in [0, 0.05) is 38.1 Å². The second-order valence-corrected chi connectivity index (χ2v) is 5.90. The molecule has 0 spiro atoms. The van der Waals surface area contributed by atoms with E-state index in [9.17, 15) is 4.79 Å². The van der Waals surface area contributed by atoms with Crippen molar-refractivity contribution in [3.8, 4) is 17.5 Å². The summed E-state index contributed by atoms with van der Waals surface area (Å²) < 4.78 is 1.91. The summed E-state index contributed by atoms with van der Waals surface area (Å²) in [6.45, 7) is 4.74. The number of nitriles is 1. The van der Waals surface area contributed by atoms with Crippen LogP contribution in [0.1, 0.15) is 6.42 Å². The van der Waals surface area contributed by atoms with E-state index in [2.05, 4.69) is 21.8 Å². The molecule has 24 heavy (non-hydrogen) atoms. The van der Waals surface area contributed by atoms with Crippen molar-refractivity contribution in [2.45, 2.75) is 18.1 Å². The zero-order valence-electron chi connectivity index (χ0n) is 13.4. The van der Waals surface area contributed by atoms with Crippen molar-refractivity contribution in [2.24, 2.45) is 0 Å². The van der Waals surface area contributed by atoms with Crippen LogP contribution in [0.25, 0.3) is 11.4 Å². The Morgan fingerprint density at radius 2 is 2.21 bits per heavy atom. The van der Waals surface area contributed by atoms with Gasteiger partial charge in [-0.3, -0.25) is 14.3 Å². The van der Waals surface area contributed by atoms with Crippen LogP contribution in [-0.2, 0) is 11.3 Å². The summed E-state index contributed by atoms with van der Waals surface area (Å²) in [6.07, 6.45) is 5.48. The molecule has 0 N–H and O–H groups in total. The van der Waals surface area contributed by atoms with E-state index < -0.39 is 0 Å². The van der Waals surface area contributed by atoms with Crippen molar-refractivity contribution in [1.29, 1.82) is 5.26 Å². The summed E-state index contributed by atoms with van der Waals surface area (Å²) in [5.74, 6) is 0.909. The molecule has 2 aromatic heterocycles. The number of aromatic nitrogens is 4. The number of allylic oxidation sites excluding steroid dienone is 1. The number of pyridine rings is 1. The van der Waals surface area contributed by atoms with Gasteiger partial charge in [0.15, 0.2) is 11.0 Å². The van der Waals surface area contributed by atoms with Crippen molar-refractivity contribution in [1.82, 2.24) is 24.6 Å². The molecule has 0 aromatic carbocycles. The van der Waals surface area contributed by atoms with Crippen LogP contribution >= 0.6 is 11.8 Å². The minimum Gasteiger partial charge on any atom is -0.344 e. The second-order valence-electron chi connectivity index (χ2n) is 4.95. The highest BCUT2D eigenvalue weighted by Gasteiger charge is 2.16. The van der Waals surface area contributed by atoms with Crippen LogP contribution in [0.3, 0.4) is 0 Å². The van der Waals surface area contributed by atoms with Crippen LogP contribution in [-0.4, -0.2) is 49.9 Å². The van der Waals surface area contributed by atoms with Gasteiger partial charge in [0.2, 0.25) is 5.91 Å². The predicted octanol–water partition coefficient (Wildman–Crippen LogP) is 1.99. The Balaban J connectivity index is 2.11. The van der Waals surface area contributed by atoms with E-state index in [0.717, 1.165) is 5.56 Å². The van der Waals surface area contributed by atoms with Crippen LogP contribution in [0.15, 0.2) is 42.3 Å². The van der Waals surface area contributed by atoms with Crippen LogP contribution < -0.4 is 0 Å². The van der Waals surface area contributed by atoms with Gasteiger partial charge in [-0.15, -0.1) is 16.8 Å². The number of hydrogen-bond donors (Lipinski definition) is 0. The maximum atomic E-state index is 12.1. The standard InChI is InChI=1S/C16H18N6OS/c1-3-10-22-15(13-5-8-18-9-6-13)19-20-16(22)24-12-14(23)21(2)11-4-7-17/h3,5-6,8-9H,1,4,10-12H2,2H3. The number of thioether (sulfide) groups is 1. The van der Waals surface area contributed by atoms with Gasteiger partial charge in [0.1, 0.15) is 0 Å². The Morgan fingerprint density at radius 1 is 1.46 bits per heavy atom. The smallest absolute Gasteiger partial charge is 0.232 e. The first-order valence-electron chi connectivity index (χ1n) is 7.35. The van der Waals surface area contributed by atoms with Crippen LogP contribution in [0.5, 0.6) is 0 Å². The van der Waals surface area contributed by atoms with E-state index in [1.807, 2.05) is 22.8 Å². The van der Waals surface area contributed by atoms with Gasteiger partial charge in [0.25, 0.3) is 0 Å². The SMILES string of the molecule is C=CCn1c(SCC(=O)N(C)CCC#N)nnc1-c1ccncc1. The van der Waals surface area contributed by atoms with Crippen LogP contribution in [0.2, 0.25) is 0 Å². The first-order chi connectivity index (χ1) is 11.7. The van der Waals surface area contributed by atoms with Crippen LogP contribution in [0.4, 0.5) is 0 Å². The highest BCUT2D eigenvalue weighted by Crippen LogP contribution is 2.23. The molecule has 0 unspecified atom stereocenters. The summed E-state index contributed by atoms with van der Waals surface area (Å²) in [6, 6.07) is 5.75. The fourth-order valence-electron chi connectivity index (χ4n) is 1.98. The Kier molecular flexibility index (Phi) is 6.51. The van der Waals surface area contributed by atoms with Gasteiger partial charge < -0.3 is 4.90 Å². The molecule has 0 fully saturated rings. The zero-order chi connectivity index (χ0) is 17.4. The summed E-state index contributed by atoms with van der Waals surface area (Å²) in [7, 11) is 1.69. The van der Waals surface area contributed by atoms with Gasteiger partial charge in [-0.2, -0.15) is 5.26 Å². The molecule has 0 radical (unpaired) electrons. The third kappa shape index (κ3) is 4.43. The molecule has 0 bridgehead atoms. The van der Waals surface area contributed by atoms with Gasteiger partial charge >= 0.3 is 0 Å². The zero-order valence-corrected chi connectivity index (χ0v) is 14.2. The van der Waals surface area contributed by atoms with Crippen molar-refractivity contribution in [3.05, 3.63) is 37.2 Å². The molecule has 2 heterocycles. The van der Waals surface area contributed by atoms with E-state index >= 15 is 0 Å². The van der Waals surface area contributed by atoms with Crippen molar-refractivity contribution in [3.63, 3.8) is 0 Å². The molecule has 0 aliphatic rings. The Labute approximate surface area is 145 Å². The molecule has 8 heteroatoms. The fraction of sp³-hybridized carbons (Fsp3) is 0.312. The van der Waals surface area contributed by atoms with E-state index in [4.69, 9.17) is 5.26 Å². The molecule has 0 atom stereocenters. The summed E-state index contributed by atoms with van der Waals surface area (Å²) in [5.41, 5.74) is 0.906. The number of hydrogen-bond acceptors (Lipinski definition) is 6. The maximum Gasteiger partial charge on any atom is 0.232 e. The largest absolute Gasteiger partial charge is 0.344 e. The topological polar surface area (TPSA) is 87.7 Å². The quantitative estimate of drug-likeness (QED) is 0.538. The number of nitrogens with zero attached hydrogens (tertiary/aromatic N) is 6. The average Bonchev–Trinajstić information content (AvgIpc) is 3.01. The monoisotopic (exact) mass is 342 g/mol. The van der Waals surface area contributed by atoms with Crippen molar-refractivity contribution >= 4 is 17.7 Å². The molecule has 7 nitrogen and oxygen atoms in total. The molecule has 2 rings (SSSR count). The molecule has 0 aliphatic heterocycles. The predicted molar refractivity (Wildman–Crippen MR) is 92.0 cm³/mol. The number of amides is 1. The van der Waals surface area contributed by atoms with Gasteiger partial charge in [-0.05, 0) is 12.1 Å². The van der Waals surface area contributed by atoms with E-state index in [-0.39, 0.29) is 11.7 Å². The normalized spacial score (nSPS) is 10.2. The summed E-state index contributed by atoms with van der Waals surface area (Å²) >= 11 is 1.32. The van der Waals surface area contributed by atoms with E-state index in [1.54, 1.807) is 30.4 Å². The highest BCUT2D eigenvalue weighted by atomic mass is 32.2. The van der Waals surface area contributed by atoms with E-state index in [0.29, 0.717) is 30.5 Å². The highest BCUT2D eigenvalue weighted by molar-refractivity contribution is 7.99. The lowest BCUT2D eigenvalue weighted by Crippen LogP contribution is -2.29. The van der Waals surface area contributed by atoms with E-state index in [1.165, 1.54) is 11.8 Å². The fourth-order valence-corrected chi connectivity index (χ4v) is 2.87. The van der Waals surface area contributed by atoms with Gasteiger partial charge in [-0.25, -0.2) is 0 Å². The first-order valence-corrected chi connectivity index (χ1v) is 8.34. The Morgan fingerprint density at radius 3 is 2.88 bits per heavy atom. The number of rotatable bonds is 8. The maximum absolute atomic E-state index is 12.1. The lowest BCUT2D eigenvalue weighted by Gasteiger charge is -2.15. The lowest BCUT2D eigenvalue weighted by atomic mass is 10.2. The molecule has 0 saturated heterocycles. The Bertz CT molecular complexity index is 737. The molecule has 2 aromatic rings. The van der Waals surface area contributed by atoms with Gasteiger partial charge in [-0.1, -0.05) is 17.8 Å². The summed E-state index contributed by atoms with van der Waals surface area (Å²) in [4.78, 5) is 17.6. The minimum atomic E-state index is -0.0473. The molecule has 1 amide bonds.